The number of fused-ring (bicyclic) bond motifs is 1. The minimum atomic E-state index is -3.92. The molecule has 1 fully saturated rings. The van der Waals surface area contributed by atoms with Crippen LogP contribution in [-0.2, 0) is 27.9 Å². The van der Waals surface area contributed by atoms with Crippen molar-refractivity contribution in [3.63, 3.8) is 0 Å². The van der Waals surface area contributed by atoms with Gasteiger partial charge in [0.2, 0.25) is 0 Å². The predicted molar refractivity (Wildman–Crippen MR) is 111 cm³/mol. The Labute approximate surface area is 166 Å². The molecule has 28 heavy (non-hydrogen) atoms. The SMILES string of the molecule is CS(=O)(=O)[O-].c1ccc(COC2CC2CCc2cccc3ccccc23)cc1. The molecule has 4 nitrogen and oxygen atoms in total. The molecule has 3 aromatic rings. The van der Waals surface area contributed by atoms with Crippen molar-refractivity contribution in [2.75, 3.05) is 6.26 Å². The van der Waals surface area contributed by atoms with Crippen molar-refractivity contribution in [1.29, 1.82) is 0 Å². The van der Waals surface area contributed by atoms with Crippen LogP contribution in [0.3, 0.4) is 0 Å². The van der Waals surface area contributed by atoms with Crippen LogP contribution >= 0.6 is 0 Å². The highest BCUT2D eigenvalue weighted by Gasteiger charge is 2.37. The van der Waals surface area contributed by atoms with Gasteiger partial charge >= 0.3 is 0 Å². The van der Waals surface area contributed by atoms with E-state index in [4.69, 9.17) is 17.7 Å². The zero-order chi connectivity index (χ0) is 20.0. The van der Waals surface area contributed by atoms with Crippen LogP contribution < -0.4 is 0 Å². The van der Waals surface area contributed by atoms with Crippen LogP contribution in [0.4, 0.5) is 0 Å². The van der Waals surface area contributed by atoms with Crippen molar-refractivity contribution in [3.05, 3.63) is 83.9 Å². The summed E-state index contributed by atoms with van der Waals surface area (Å²) in [6.07, 6.45) is 4.67. The van der Waals surface area contributed by atoms with Crippen molar-refractivity contribution in [3.8, 4) is 0 Å². The first kappa shape index (κ1) is 20.5. The Balaban J connectivity index is 0.000000403. The quantitative estimate of drug-likeness (QED) is 0.573. The summed E-state index contributed by atoms with van der Waals surface area (Å²) in [6.45, 7) is 0.746. The Bertz CT molecular complexity index is 986. The fraction of sp³-hybridized carbons (Fsp3) is 0.304. The van der Waals surface area contributed by atoms with Gasteiger partial charge in [-0.1, -0.05) is 72.8 Å². The first-order valence-corrected chi connectivity index (χ1v) is 11.2. The maximum absolute atomic E-state index is 9.08. The zero-order valence-electron chi connectivity index (χ0n) is 16.0. The van der Waals surface area contributed by atoms with E-state index in [1.165, 1.54) is 34.7 Å². The van der Waals surface area contributed by atoms with E-state index >= 15 is 0 Å². The topological polar surface area (TPSA) is 66.4 Å². The van der Waals surface area contributed by atoms with Gasteiger partial charge in [0.25, 0.3) is 0 Å². The lowest BCUT2D eigenvalue weighted by molar-refractivity contribution is 0.0944. The van der Waals surface area contributed by atoms with Gasteiger partial charge in [-0.3, -0.25) is 0 Å². The Morgan fingerprint density at radius 1 is 0.964 bits per heavy atom. The molecule has 0 bridgehead atoms. The van der Waals surface area contributed by atoms with Gasteiger partial charge in [0.05, 0.1) is 22.8 Å². The predicted octanol–water partition coefficient (Wildman–Crippen LogP) is 4.54. The van der Waals surface area contributed by atoms with Crippen LogP contribution in [0.1, 0.15) is 24.0 Å². The van der Waals surface area contributed by atoms with Crippen molar-refractivity contribution in [2.45, 2.75) is 32.0 Å². The summed E-state index contributed by atoms with van der Waals surface area (Å²) >= 11 is 0. The third-order valence-corrected chi connectivity index (χ3v) is 4.83. The minimum absolute atomic E-state index is 0.463. The normalized spacial score (nSPS) is 18.4. The van der Waals surface area contributed by atoms with Gasteiger partial charge in [-0.2, -0.15) is 0 Å². The second-order valence-corrected chi connectivity index (χ2v) is 8.62. The van der Waals surface area contributed by atoms with E-state index < -0.39 is 10.1 Å². The summed E-state index contributed by atoms with van der Waals surface area (Å²) in [5, 5.41) is 2.75. The smallest absolute Gasteiger partial charge is 0.0916 e. The number of hydrogen-bond donors (Lipinski definition) is 0. The van der Waals surface area contributed by atoms with E-state index in [1.807, 2.05) is 6.07 Å². The van der Waals surface area contributed by atoms with E-state index in [1.54, 1.807) is 0 Å². The molecule has 0 aromatic heterocycles. The Morgan fingerprint density at radius 3 is 2.36 bits per heavy atom. The molecule has 0 spiro atoms. The van der Waals surface area contributed by atoms with Gasteiger partial charge < -0.3 is 9.29 Å². The summed E-state index contributed by atoms with van der Waals surface area (Å²) in [4.78, 5) is 0. The molecule has 0 heterocycles. The summed E-state index contributed by atoms with van der Waals surface area (Å²) < 4.78 is 33.3. The first-order chi connectivity index (χ1) is 13.4. The molecule has 4 rings (SSSR count). The number of aryl methyl sites for hydroxylation is 1. The highest BCUT2D eigenvalue weighted by molar-refractivity contribution is 7.84. The van der Waals surface area contributed by atoms with Crippen LogP contribution in [0.25, 0.3) is 10.8 Å². The molecule has 1 saturated carbocycles. The molecule has 0 radical (unpaired) electrons. The average molecular weight is 398 g/mol. The molecule has 0 N–H and O–H groups in total. The highest BCUT2D eigenvalue weighted by atomic mass is 32.2. The minimum Gasteiger partial charge on any atom is -0.748 e. The second kappa shape index (κ2) is 9.32. The van der Waals surface area contributed by atoms with Crippen LogP contribution in [0, 0.1) is 5.92 Å². The summed E-state index contributed by atoms with van der Waals surface area (Å²) in [7, 11) is -3.92. The Morgan fingerprint density at radius 2 is 1.61 bits per heavy atom. The first-order valence-electron chi connectivity index (χ1n) is 9.43. The molecule has 148 valence electrons. The zero-order valence-corrected chi connectivity index (χ0v) is 16.8. The van der Waals surface area contributed by atoms with E-state index in [-0.39, 0.29) is 0 Å². The molecule has 5 heteroatoms. The lowest BCUT2D eigenvalue weighted by atomic mass is 10.00. The van der Waals surface area contributed by atoms with Gasteiger partial charge in [-0.05, 0) is 47.1 Å². The van der Waals surface area contributed by atoms with Crippen LogP contribution in [0.5, 0.6) is 0 Å². The van der Waals surface area contributed by atoms with E-state index in [0.29, 0.717) is 12.4 Å². The second-order valence-electron chi connectivity index (χ2n) is 7.21. The number of hydrogen-bond acceptors (Lipinski definition) is 4. The van der Waals surface area contributed by atoms with E-state index in [0.717, 1.165) is 18.9 Å². The fourth-order valence-electron chi connectivity index (χ4n) is 3.36. The summed E-state index contributed by atoms with van der Waals surface area (Å²) in [6, 6.07) is 25.8. The van der Waals surface area contributed by atoms with Gasteiger partial charge in [-0.15, -0.1) is 0 Å². The van der Waals surface area contributed by atoms with Crippen LogP contribution in [0.15, 0.2) is 72.8 Å². The molecule has 0 amide bonds. The van der Waals surface area contributed by atoms with Crippen molar-refractivity contribution in [1.82, 2.24) is 0 Å². The molecular weight excluding hydrogens is 372 g/mol. The van der Waals surface area contributed by atoms with Crippen molar-refractivity contribution >= 4 is 20.9 Å². The summed E-state index contributed by atoms with van der Waals surface area (Å²) in [5.41, 5.74) is 2.74. The standard InChI is InChI=1S/C22H22O.CH4O3S/c1-2-7-17(8-3-1)16-23-22-15-20(22)14-13-19-11-6-10-18-9-4-5-12-21(18)19;1-5(2,3)4/h1-12,20,22H,13-16H2;1H3,(H,2,3,4)/p-1. The number of benzene rings is 3. The summed E-state index contributed by atoms with van der Waals surface area (Å²) in [5.74, 6) is 0.734. The van der Waals surface area contributed by atoms with Gasteiger partial charge in [-0.25, -0.2) is 8.42 Å². The lowest BCUT2D eigenvalue weighted by Gasteiger charge is -2.07. The van der Waals surface area contributed by atoms with Gasteiger partial charge in [0.1, 0.15) is 0 Å². The highest BCUT2D eigenvalue weighted by Crippen LogP contribution is 2.38. The van der Waals surface area contributed by atoms with E-state index in [2.05, 4.69) is 66.7 Å². The van der Waals surface area contributed by atoms with E-state index in [9.17, 15) is 0 Å². The average Bonchev–Trinajstić information content (AvgIpc) is 3.43. The number of ether oxygens (including phenoxy) is 1. The molecular formula is C23H25O4S-. The maximum atomic E-state index is 9.08. The van der Waals surface area contributed by atoms with Crippen LogP contribution in [0.2, 0.25) is 0 Å². The van der Waals surface area contributed by atoms with Crippen LogP contribution in [-0.4, -0.2) is 25.3 Å². The largest absolute Gasteiger partial charge is 0.748 e. The maximum Gasteiger partial charge on any atom is 0.0916 e. The molecule has 2 unspecified atom stereocenters. The fourth-order valence-corrected chi connectivity index (χ4v) is 3.36. The van der Waals surface area contributed by atoms with Crippen molar-refractivity contribution < 1.29 is 17.7 Å². The third-order valence-electron chi connectivity index (χ3n) is 4.83. The molecule has 1 aliphatic carbocycles. The molecule has 1 aliphatic rings. The lowest BCUT2D eigenvalue weighted by Crippen LogP contribution is -1.99. The Hall–Kier alpha value is -2.21. The van der Waals surface area contributed by atoms with Gasteiger partial charge in [0, 0.05) is 6.26 Å². The molecule has 0 aliphatic heterocycles. The number of rotatable bonds is 6. The molecule has 3 aromatic carbocycles. The monoisotopic (exact) mass is 397 g/mol. The Kier molecular flexibility index (Phi) is 6.83. The third kappa shape index (κ3) is 6.75. The van der Waals surface area contributed by atoms with Gasteiger partial charge in [0.15, 0.2) is 0 Å². The van der Waals surface area contributed by atoms with Crippen molar-refractivity contribution in [2.24, 2.45) is 5.92 Å². The molecule has 2 atom stereocenters. The molecule has 0 saturated heterocycles.